The summed E-state index contributed by atoms with van der Waals surface area (Å²) in [4.78, 5) is 13.2. The molecule has 3 rings (SSSR count). The number of hydrogen-bond donors (Lipinski definition) is 0. The maximum atomic E-state index is 11.7. The van der Waals surface area contributed by atoms with Crippen LogP contribution in [0, 0.1) is 0 Å². The van der Waals surface area contributed by atoms with E-state index in [2.05, 4.69) is 23.7 Å². The number of benzene rings is 1. The molecular weight excluding hydrogens is 288 g/mol. The number of fused-ring (bicyclic) bond motifs is 1. The van der Waals surface area contributed by atoms with Gasteiger partial charge in [0.1, 0.15) is 5.75 Å². The van der Waals surface area contributed by atoms with E-state index in [1.165, 1.54) is 47.5 Å². The fourth-order valence-electron chi connectivity index (χ4n) is 3.22. The van der Waals surface area contributed by atoms with Crippen molar-refractivity contribution in [2.45, 2.75) is 32.1 Å². The highest BCUT2D eigenvalue weighted by Crippen LogP contribution is 2.31. The Morgan fingerprint density at radius 2 is 1.91 bits per heavy atom. The Morgan fingerprint density at radius 1 is 1.13 bits per heavy atom. The van der Waals surface area contributed by atoms with Gasteiger partial charge >= 0.3 is 6.09 Å². The summed E-state index contributed by atoms with van der Waals surface area (Å²) in [6.07, 6.45) is 5.83. The van der Waals surface area contributed by atoms with Crippen molar-refractivity contribution in [2.24, 2.45) is 7.05 Å². The molecule has 4 heteroatoms. The zero-order valence-electron chi connectivity index (χ0n) is 14.1. The number of carbonyl (C=O) groups is 1. The maximum absolute atomic E-state index is 11.7. The Labute approximate surface area is 137 Å². The standard InChI is InChI=1S/C19H24N2O2/c1-20(2)19(22)23-16-10-7-9-14(12-16)18-13-15-8-5-4-6-11-17(15)21(18)3/h7,9-10,12-13H,4-6,8,11H2,1-3H3. The third-order valence-corrected chi connectivity index (χ3v) is 4.51. The molecule has 0 unspecified atom stereocenters. The first-order valence-electron chi connectivity index (χ1n) is 8.23. The number of hydrogen-bond acceptors (Lipinski definition) is 2. The van der Waals surface area contributed by atoms with Gasteiger partial charge in [0, 0.05) is 38.1 Å². The first kappa shape index (κ1) is 15.7. The average molecular weight is 312 g/mol. The van der Waals surface area contributed by atoms with E-state index in [0.29, 0.717) is 5.75 Å². The van der Waals surface area contributed by atoms with Crippen LogP contribution in [-0.2, 0) is 19.9 Å². The van der Waals surface area contributed by atoms with Crippen molar-refractivity contribution in [1.82, 2.24) is 9.47 Å². The number of rotatable bonds is 2. The second-order valence-electron chi connectivity index (χ2n) is 6.41. The van der Waals surface area contributed by atoms with Gasteiger partial charge in [0.25, 0.3) is 0 Å². The largest absolute Gasteiger partial charge is 0.414 e. The molecule has 0 spiro atoms. The average Bonchev–Trinajstić information content (AvgIpc) is 2.71. The fraction of sp³-hybridized carbons (Fsp3) is 0.421. The van der Waals surface area contributed by atoms with Crippen molar-refractivity contribution in [2.75, 3.05) is 14.1 Å². The minimum Gasteiger partial charge on any atom is -0.410 e. The zero-order valence-corrected chi connectivity index (χ0v) is 14.1. The van der Waals surface area contributed by atoms with Crippen LogP contribution >= 0.6 is 0 Å². The Morgan fingerprint density at radius 3 is 2.70 bits per heavy atom. The van der Waals surface area contributed by atoms with Gasteiger partial charge in [-0.3, -0.25) is 0 Å². The zero-order chi connectivity index (χ0) is 16.4. The molecule has 1 aliphatic carbocycles. The lowest BCUT2D eigenvalue weighted by molar-refractivity contribution is 0.172. The maximum Gasteiger partial charge on any atom is 0.414 e. The molecule has 4 nitrogen and oxygen atoms in total. The van der Waals surface area contributed by atoms with Gasteiger partial charge in [-0.25, -0.2) is 4.79 Å². The molecule has 1 aromatic carbocycles. The summed E-state index contributed by atoms with van der Waals surface area (Å²) in [6, 6.07) is 10.1. The molecule has 2 aromatic rings. The normalized spacial score (nSPS) is 14.0. The lowest BCUT2D eigenvalue weighted by Gasteiger charge is -2.12. The monoisotopic (exact) mass is 312 g/mol. The summed E-state index contributed by atoms with van der Waals surface area (Å²) in [7, 11) is 5.50. The Hall–Kier alpha value is -2.23. The lowest BCUT2D eigenvalue weighted by Crippen LogP contribution is -2.25. The van der Waals surface area contributed by atoms with Crippen LogP contribution < -0.4 is 4.74 Å². The van der Waals surface area contributed by atoms with E-state index in [-0.39, 0.29) is 6.09 Å². The number of aryl methyl sites for hydroxylation is 1. The topological polar surface area (TPSA) is 34.5 Å². The van der Waals surface area contributed by atoms with Gasteiger partial charge < -0.3 is 14.2 Å². The molecule has 122 valence electrons. The molecule has 0 aliphatic heterocycles. The summed E-state index contributed by atoms with van der Waals surface area (Å²) < 4.78 is 7.68. The Balaban J connectivity index is 1.92. The fourth-order valence-corrected chi connectivity index (χ4v) is 3.22. The number of carbonyl (C=O) groups excluding carboxylic acids is 1. The van der Waals surface area contributed by atoms with E-state index in [1.54, 1.807) is 14.1 Å². The van der Waals surface area contributed by atoms with Gasteiger partial charge in [-0.2, -0.15) is 0 Å². The van der Waals surface area contributed by atoms with Gasteiger partial charge in [-0.1, -0.05) is 18.6 Å². The molecule has 1 amide bonds. The van der Waals surface area contributed by atoms with Crippen LogP contribution in [0.15, 0.2) is 30.3 Å². The number of nitrogens with zero attached hydrogens (tertiary/aromatic N) is 2. The van der Waals surface area contributed by atoms with E-state index >= 15 is 0 Å². The third kappa shape index (κ3) is 3.26. The van der Waals surface area contributed by atoms with Crippen LogP contribution in [0.2, 0.25) is 0 Å². The first-order valence-corrected chi connectivity index (χ1v) is 8.23. The number of aromatic nitrogens is 1. The van der Waals surface area contributed by atoms with Crippen molar-refractivity contribution < 1.29 is 9.53 Å². The summed E-state index contributed by atoms with van der Waals surface area (Å²) >= 11 is 0. The molecule has 1 aromatic heterocycles. The van der Waals surface area contributed by atoms with E-state index in [1.807, 2.05) is 18.2 Å². The molecule has 0 saturated heterocycles. The molecule has 1 heterocycles. The van der Waals surface area contributed by atoms with Crippen LogP contribution in [0.3, 0.4) is 0 Å². The van der Waals surface area contributed by atoms with Crippen molar-refractivity contribution >= 4 is 6.09 Å². The van der Waals surface area contributed by atoms with Crippen molar-refractivity contribution in [3.05, 3.63) is 41.6 Å². The second-order valence-corrected chi connectivity index (χ2v) is 6.41. The van der Waals surface area contributed by atoms with Crippen LogP contribution in [0.5, 0.6) is 5.75 Å². The smallest absolute Gasteiger partial charge is 0.410 e. The molecule has 0 radical (unpaired) electrons. The highest BCUT2D eigenvalue weighted by Gasteiger charge is 2.16. The van der Waals surface area contributed by atoms with Gasteiger partial charge in [0.15, 0.2) is 0 Å². The summed E-state index contributed by atoms with van der Waals surface area (Å²) in [5, 5.41) is 0. The van der Waals surface area contributed by atoms with Crippen molar-refractivity contribution in [3.8, 4) is 17.0 Å². The molecular formula is C19H24N2O2. The molecule has 0 atom stereocenters. The third-order valence-electron chi connectivity index (χ3n) is 4.51. The Kier molecular flexibility index (Phi) is 4.42. The highest BCUT2D eigenvalue weighted by molar-refractivity contribution is 5.71. The first-order chi connectivity index (χ1) is 11.1. The lowest BCUT2D eigenvalue weighted by atomic mass is 10.1. The van der Waals surface area contributed by atoms with E-state index in [0.717, 1.165) is 12.0 Å². The van der Waals surface area contributed by atoms with Crippen LogP contribution in [0.25, 0.3) is 11.3 Å². The quantitative estimate of drug-likeness (QED) is 0.785. The second kappa shape index (κ2) is 6.49. The van der Waals surface area contributed by atoms with E-state index in [9.17, 15) is 4.79 Å². The molecule has 0 fully saturated rings. The predicted molar refractivity (Wildman–Crippen MR) is 91.8 cm³/mol. The SMILES string of the molecule is CN(C)C(=O)Oc1cccc(-c2cc3c(n2C)CCCCC3)c1. The van der Waals surface area contributed by atoms with Gasteiger partial charge in [-0.15, -0.1) is 0 Å². The van der Waals surface area contributed by atoms with E-state index in [4.69, 9.17) is 4.74 Å². The number of amides is 1. The van der Waals surface area contributed by atoms with Gasteiger partial charge in [0.05, 0.1) is 0 Å². The predicted octanol–water partition coefficient (Wildman–Crippen LogP) is 4.02. The van der Waals surface area contributed by atoms with Crippen LogP contribution in [0.1, 0.15) is 30.5 Å². The highest BCUT2D eigenvalue weighted by atomic mass is 16.6. The van der Waals surface area contributed by atoms with Gasteiger partial charge in [-0.05, 0) is 49.4 Å². The molecule has 1 aliphatic rings. The van der Waals surface area contributed by atoms with Gasteiger partial charge in [0.2, 0.25) is 0 Å². The van der Waals surface area contributed by atoms with Crippen LogP contribution in [-0.4, -0.2) is 29.7 Å². The minimum absolute atomic E-state index is 0.357. The Bertz CT molecular complexity index is 716. The van der Waals surface area contributed by atoms with Crippen molar-refractivity contribution in [3.63, 3.8) is 0 Å². The minimum atomic E-state index is -0.357. The molecule has 0 saturated carbocycles. The molecule has 23 heavy (non-hydrogen) atoms. The molecule has 0 bridgehead atoms. The summed E-state index contributed by atoms with van der Waals surface area (Å²) in [5.74, 6) is 0.581. The van der Waals surface area contributed by atoms with Crippen LogP contribution in [0.4, 0.5) is 4.79 Å². The summed E-state index contributed by atoms with van der Waals surface area (Å²) in [5.41, 5.74) is 5.20. The van der Waals surface area contributed by atoms with E-state index < -0.39 is 0 Å². The number of ether oxygens (including phenoxy) is 1. The summed E-state index contributed by atoms with van der Waals surface area (Å²) in [6.45, 7) is 0. The molecule has 0 N–H and O–H groups in total. The van der Waals surface area contributed by atoms with Crippen molar-refractivity contribution in [1.29, 1.82) is 0 Å².